The molecule has 5 nitrogen and oxygen atoms in total. The van der Waals surface area contributed by atoms with Crippen molar-refractivity contribution in [1.82, 2.24) is 10.2 Å². The molecule has 0 saturated carbocycles. The number of hydrogen-bond acceptors (Lipinski definition) is 4. The smallest absolute Gasteiger partial charge is 0.251 e. The highest BCUT2D eigenvalue weighted by Crippen LogP contribution is 2.17. The van der Waals surface area contributed by atoms with Crippen molar-refractivity contribution in [2.75, 3.05) is 33.4 Å². The molecule has 1 amide bonds. The van der Waals surface area contributed by atoms with E-state index in [2.05, 4.69) is 22.3 Å². The quantitative estimate of drug-likeness (QED) is 0.862. The fourth-order valence-electron chi connectivity index (χ4n) is 2.95. The predicted octanol–water partition coefficient (Wildman–Crippen LogP) is 2.60. The number of rotatable bonds is 6. The minimum atomic E-state index is -0.548. The summed E-state index contributed by atoms with van der Waals surface area (Å²) < 4.78 is 24.0. The highest BCUT2D eigenvalue weighted by Gasteiger charge is 2.12. The first-order chi connectivity index (χ1) is 12.7. The molecule has 138 valence electrons. The van der Waals surface area contributed by atoms with Crippen molar-refractivity contribution in [1.29, 1.82) is 0 Å². The Morgan fingerprint density at radius 1 is 1.19 bits per heavy atom. The summed E-state index contributed by atoms with van der Waals surface area (Å²) in [5.74, 6) is -0.741. The van der Waals surface area contributed by atoms with E-state index in [0.717, 1.165) is 38.4 Å². The van der Waals surface area contributed by atoms with Crippen LogP contribution < -0.4 is 10.1 Å². The summed E-state index contributed by atoms with van der Waals surface area (Å²) >= 11 is 0. The van der Waals surface area contributed by atoms with E-state index < -0.39 is 5.82 Å². The third kappa shape index (κ3) is 4.80. The summed E-state index contributed by atoms with van der Waals surface area (Å²) in [6.45, 7) is 4.68. The van der Waals surface area contributed by atoms with Crippen LogP contribution in [0.5, 0.6) is 5.75 Å². The molecule has 0 spiro atoms. The van der Waals surface area contributed by atoms with E-state index in [4.69, 9.17) is 9.47 Å². The van der Waals surface area contributed by atoms with Gasteiger partial charge in [0.15, 0.2) is 11.6 Å². The maximum absolute atomic E-state index is 13.7. The number of nitrogens with zero attached hydrogens (tertiary/aromatic N) is 1. The average molecular weight is 358 g/mol. The SMILES string of the molecule is COc1ccc(C(=O)NCc2cccc(CN3CCOCC3)c2)cc1F. The molecule has 0 atom stereocenters. The summed E-state index contributed by atoms with van der Waals surface area (Å²) in [7, 11) is 1.39. The summed E-state index contributed by atoms with van der Waals surface area (Å²) in [6, 6.07) is 12.3. The first-order valence-corrected chi connectivity index (χ1v) is 8.65. The Bertz CT molecular complexity index is 760. The maximum atomic E-state index is 13.7. The largest absolute Gasteiger partial charge is 0.494 e. The van der Waals surface area contributed by atoms with Gasteiger partial charge in [0.1, 0.15) is 0 Å². The first kappa shape index (κ1) is 18.4. The van der Waals surface area contributed by atoms with E-state index in [0.29, 0.717) is 6.54 Å². The molecule has 1 N–H and O–H groups in total. The van der Waals surface area contributed by atoms with Gasteiger partial charge in [0.25, 0.3) is 5.91 Å². The second-order valence-corrected chi connectivity index (χ2v) is 6.24. The van der Waals surface area contributed by atoms with Crippen molar-refractivity contribution in [2.24, 2.45) is 0 Å². The van der Waals surface area contributed by atoms with Gasteiger partial charge < -0.3 is 14.8 Å². The molecule has 2 aromatic carbocycles. The monoisotopic (exact) mass is 358 g/mol. The number of morpholine rings is 1. The molecule has 0 aromatic heterocycles. The van der Waals surface area contributed by atoms with Gasteiger partial charge in [0.2, 0.25) is 0 Å². The molecule has 1 fully saturated rings. The summed E-state index contributed by atoms with van der Waals surface area (Å²) in [4.78, 5) is 14.6. The molecule has 1 heterocycles. The summed E-state index contributed by atoms with van der Waals surface area (Å²) in [6.07, 6.45) is 0. The molecule has 0 aliphatic carbocycles. The lowest BCUT2D eigenvalue weighted by molar-refractivity contribution is 0.0342. The highest BCUT2D eigenvalue weighted by atomic mass is 19.1. The number of amides is 1. The van der Waals surface area contributed by atoms with Crippen LogP contribution >= 0.6 is 0 Å². The Balaban J connectivity index is 1.57. The Hall–Kier alpha value is -2.44. The van der Waals surface area contributed by atoms with Crippen molar-refractivity contribution in [3.05, 3.63) is 65.0 Å². The Labute approximate surface area is 152 Å². The van der Waals surface area contributed by atoms with Crippen LogP contribution in [0, 0.1) is 5.82 Å². The molecule has 1 saturated heterocycles. The molecule has 6 heteroatoms. The van der Waals surface area contributed by atoms with E-state index in [1.807, 2.05) is 12.1 Å². The third-order valence-corrected chi connectivity index (χ3v) is 4.37. The number of benzene rings is 2. The lowest BCUT2D eigenvalue weighted by Gasteiger charge is -2.26. The van der Waals surface area contributed by atoms with Crippen molar-refractivity contribution < 1.29 is 18.7 Å². The van der Waals surface area contributed by atoms with Crippen molar-refractivity contribution in [2.45, 2.75) is 13.1 Å². The third-order valence-electron chi connectivity index (χ3n) is 4.37. The molecular formula is C20H23FN2O3. The Morgan fingerprint density at radius 2 is 1.96 bits per heavy atom. The van der Waals surface area contributed by atoms with Crippen molar-refractivity contribution in [3.8, 4) is 5.75 Å². The molecule has 1 aliphatic heterocycles. The van der Waals surface area contributed by atoms with Gasteiger partial charge in [-0.1, -0.05) is 24.3 Å². The first-order valence-electron chi connectivity index (χ1n) is 8.65. The van der Waals surface area contributed by atoms with Crippen molar-refractivity contribution in [3.63, 3.8) is 0 Å². The number of methoxy groups -OCH3 is 1. The van der Waals surface area contributed by atoms with E-state index in [-0.39, 0.29) is 17.2 Å². The minimum Gasteiger partial charge on any atom is -0.494 e. The van der Waals surface area contributed by atoms with Crippen molar-refractivity contribution >= 4 is 5.91 Å². The zero-order chi connectivity index (χ0) is 18.4. The van der Waals surface area contributed by atoms with E-state index >= 15 is 0 Å². The van der Waals surface area contributed by atoms with E-state index in [1.165, 1.54) is 24.8 Å². The number of ether oxygens (including phenoxy) is 2. The van der Waals surface area contributed by atoms with Crippen LogP contribution in [-0.2, 0) is 17.8 Å². The number of carbonyl (C=O) groups excluding carboxylic acids is 1. The minimum absolute atomic E-state index is 0.123. The number of nitrogens with one attached hydrogen (secondary N) is 1. The second-order valence-electron chi connectivity index (χ2n) is 6.24. The normalized spacial score (nSPS) is 14.8. The fourth-order valence-corrected chi connectivity index (χ4v) is 2.95. The lowest BCUT2D eigenvalue weighted by Crippen LogP contribution is -2.35. The van der Waals surface area contributed by atoms with Gasteiger partial charge in [-0.05, 0) is 29.3 Å². The van der Waals surface area contributed by atoms with Crippen LogP contribution in [0.2, 0.25) is 0 Å². The molecular weight excluding hydrogens is 335 g/mol. The van der Waals surface area contributed by atoms with Crippen LogP contribution in [0.1, 0.15) is 21.5 Å². The topological polar surface area (TPSA) is 50.8 Å². The van der Waals surface area contributed by atoms with Gasteiger partial charge in [-0.15, -0.1) is 0 Å². The Kier molecular flexibility index (Phi) is 6.20. The van der Waals surface area contributed by atoms with Crippen LogP contribution in [-0.4, -0.2) is 44.2 Å². The molecule has 1 aliphatic rings. The van der Waals surface area contributed by atoms with Crippen LogP contribution in [0.4, 0.5) is 4.39 Å². The predicted molar refractivity (Wildman–Crippen MR) is 96.7 cm³/mol. The van der Waals surface area contributed by atoms with Gasteiger partial charge in [-0.25, -0.2) is 4.39 Å². The molecule has 0 radical (unpaired) electrons. The summed E-state index contributed by atoms with van der Waals surface area (Å²) in [5, 5.41) is 2.83. The van der Waals surface area contributed by atoms with Crippen LogP contribution in [0.25, 0.3) is 0 Å². The van der Waals surface area contributed by atoms with Gasteiger partial charge in [0.05, 0.1) is 20.3 Å². The van der Waals surface area contributed by atoms with E-state index in [1.54, 1.807) is 6.07 Å². The number of halogens is 1. The molecule has 0 unspecified atom stereocenters. The van der Waals surface area contributed by atoms with Crippen LogP contribution in [0.15, 0.2) is 42.5 Å². The maximum Gasteiger partial charge on any atom is 0.251 e. The van der Waals surface area contributed by atoms with Gasteiger partial charge in [-0.3, -0.25) is 9.69 Å². The molecule has 2 aromatic rings. The average Bonchev–Trinajstić information content (AvgIpc) is 2.67. The Morgan fingerprint density at radius 3 is 2.69 bits per heavy atom. The second kappa shape index (κ2) is 8.78. The molecule has 26 heavy (non-hydrogen) atoms. The van der Waals surface area contributed by atoms with Gasteiger partial charge in [0, 0.05) is 31.7 Å². The highest BCUT2D eigenvalue weighted by molar-refractivity contribution is 5.94. The number of carbonyl (C=O) groups is 1. The van der Waals surface area contributed by atoms with Crippen LogP contribution in [0.3, 0.4) is 0 Å². The lowest BCUT2D eigenvalue weighted by atomic mass is 10.1. The van der Waals surface area contributed by atoms with Gasteiger partial charge in [-0.2, -0.15) is 0 Å². The standard InChI is InChI=1S/C20H23FN2O3/c1-25-19-6-5-17(12-18(19)21)20(24)22-13-15-3-2-4-16(11-15)14-23-7-9-26-10-8-23/h2-6,11-12H,7-10,13-14H2,1H3,(H,22,24). The molecule has 0 bridgehead atoms. The van der Waals surface area contributed by atoms with Gasteiger partial charge >= 0.3 is 0 Å². The molecule has 3 rings (SSSR count). The summed E-state index contributed by atoms with van der Waals surface area (Å²) in [5.41, 5.74) is 2.49. The zero-order valence-corrected chi connectivity index (χ0v) is 14.8. The van der Waals surface area contributed by atoms with E-state index in [9.17, 15) is 9.18 Å². The number of hydrogen-bond donors (Lipinski definition) is 1. The zero-order valence-electron chi connectivity index (χ0n) is 14.8. The fraction of sp³-hybridized carbons (Fsp3) is 0.350.